The first-order chi connectivity index (χ1) is 7.38. The molecule has 0 aromatic heterocycles. The Bertz CT molecular complexity index is 214. The first kappa shape index (κ1) is 10.1. The molecule has 0 aromatic rings. The van der Waals surface area contributed by atoms with E-state index in [0.29, 0.717) is 0 Å². The minimum absolute atomic E-state index is 0.729. The first-order valence-corrected chi connectivity index (χ1v) is 6.46. The van der Waals surface area contributed by atoms with Crippen LogP contribution in [0.4, 0.5) is 0 Å². The first-order valence-electron chi connectivity index (χ1n) is 6.46. The van der Waals surface area contributed by atoms with Crippen molar-refractivity contribution in [2.75, 3.05) is 32.8 Å². The number of hydrogen-bond acceptors (Lipinski definition) is 3. The number of likely N-dealkylation sites (tertiary alicyclic amines) is 1. The summed E-state index contributed by atoms with van der Waals surface area (Å²) in [4.78, 5) is 5.41. The van der Waals surface area contributed by atoms with E-state index >= 15 is 0 Å². The Hall–Kier alpha value is -0.120. The number of nitrogens with zero attached hydrogens (tertiary/aromatic N) is 2. The van der Waals surface area contributed by atoms with Crippen molar-refractivity contribution in [3.63, 3.8) is 0 Å². The number of fused-ring (bicyclic) bond motifs is 2. The van der Waals surface area contributed by atoms with Gasteiger partial charge in [0, 0.05) is 37.8 Å². The van der Waals surface area contributed by atoms with E-state index in [0.717, 1.165) is 31.3 Å². The molecule has 3 heteroatoms. The third-order valence-corrected chi connectivity index (χ3v) is 4.45. The standard InChI is InChI=1S/C12H22N2O/c1-2-14-10-3-4-11(14)8-13(7-10)12-5-6-15-9-12/h10-12H,2-9H2,1H3. The predicted octanol–water partition coefficient (Wildman–Crippen LogP) is 0.944. The minimum Gasteiger partial charge on any atom is -0.380 e. The van der Waals surface area contributed by atoms with Crippen molar-refractivity contribution >= 4 is 0 Å². The molecule has 86 valence electrons. The molecule has 0 aliphatic carbocycles. The van der Waals surface area contributed by atoms with Crippen molar-refractivity contribution in [2.45, 2.75) is 44.3 Å². The van der Waals surface area contributed by atoms with Crippen LogP contribution in [0.5, 0.6) is 0 Å². The van der Waals surface area contributed by atoms with Crippen molar-refractivity contribution in [1.29, 1.82) is 0 Å². The summed E-state index contributed by atoms with van der Waals surface area (Å²) in [5.41, 5.74) is 0. The number of hydrogen-bond donors (Lipinski definition) is 0. The van der Waals surface area contributed by atoms with E-state index < -0.39 is 0 Å². The van der Waals surface area contributed by atoms with Gasteiger partial charge in [-0.3, -0.25) is 9.80 Å². The molecule has 3 aliphatic heterocycles. The predicted molar refractivity (Wildman–Crippen MR) is 60.0 cm³/mol. The maximum absolute atomic E-state index is 5.50. The second-order valence-electron chi connectivity index (χ2n) is 5.19. The highest BCUT2D eigenvalue weighted by Gasteiger charge is 2.41. The maximum atomic E-state index is 5.50. The van der Waals surface area contributed by atoms with Crippen LogP contribution in [0.3, 0.4) is 0 Å². The third kappa shape index (κ3) is 1.71. The van der Waals surface area contributed by atoms with E-state index in [9.17, 15) is 0 Å². The molecule has 3 aliphatic rings. The molecule has 15 heavy (non-hydrogen) atoms. The van der Waals surface area contributed by atoms with Gasteiger partial charge in [-0.25, -0.2) is 0 Å². The van der Waals surface area contributed by atoms with Crippen molar-refractivity contribution in [1.82, 2.24) is 9.80 Å². The van der Waals surface area contributed by atoms with E-state index in [2.05, 4.69) is 16.7 Å². The molecule has 0 N–H and O–H groups in total. The van der Waals surface area contributed by atoms with Crippen LogP contribution < -0.4 is 0 Å². The zero-order valence-electron chi connectivity index (χ0n) is 9.69. The molecule has 3 nitrogen and oxygen atoms in total. The van der Waals surface area contributed by atoms with Crippen LogP contribution in [0.25, 0.3) is 0 Å². The van der Waals surface area contributed by atoms with E-state index in [1.807, 2.05) is 0 Å². The molecule has 3 fully saturated rings. The maximum Gasteiger partial charge on any atom is 0.0622 e. The Morgan fingerprint density at radius 2 is 1.80 bits per heavy atom. The van der Waals surface area contributed by atoms with Gasteiger partial charge in [0.25, 0.3) is 0 Å². The Morgan fingerprint density at radius 3 is 2.33 bits per heavy atom. The largest absolute Gasteiger partial charge is 0.380 e. The van der Waals surface area contributed by atoms with Crippen LogP contribution in [0, 0.1) is 0 Å². The summed E-state index contributed by atoms with van der Waals surface area (Å²) in [6.45, 7) is 8.08. The summed E-state index contributed by atoms with van der Waals surface area (Å²) >= 11 is 0. The lowest BCUT2D eigenvalue weighted by Crippen LogP contribution is -2.56. The van der Waals surface area contributed by atoms with Crippen LogP contribution in [-0.2, 0) is 4.74 Å². The molecular weight excluding hydrogens is 188 g/mol. The molecule has 3 rings (SSSR count). The fraction of sp³-hybridized carbons (Fsp3) is 1.00. The minimum atomic E-state index is 0.729. The molecule has 3 saturated heterocycles. The average molecular weight is 210 g/mol. The highest BCUT2D eigenvalue weighted by Crippen LogP contribution is 2.31. The highest BCUT2D eigenvalue weighted by molar-refractivity contribution is 4.97. The van der Waals surface area contributed by atoms with Crippen molar-refractivity contribution < 1.29 is 4.74 Å². The summed E-state index contributed by atoms with van der Waals surface area (Å²) in [6, 6.07) is 2.41. The molecule has 3 atom stereocenters. The van der Waals surface area contributed by atoms with Gasteiger partial charge in [-0.05, 0) is 25.8 Å². The highest BCUT2D eigenvalue weighted by atomic mass is 16.5. The van der Waals surface area contributed by atoms with Gasteiger partial charge in [0.05, 0.1) is 6.61 Å². The van der Waals surface area contributed by atoms with Gasteiger partial charge in [0.1, 0.15) is 0 Å². The Balaban J connectivity index is 1.66. The van der Waals surface area contributed by atoms with Gasteiger partial charge in [-0.1, -0.05) is 6.92 Å². The summed E-state index contributed by atoms with van der Waals surface area (Å²) in [5.74, 6) is 0. The Labute approximate surface area is 92.4 Å². The van der Waals surface area contributed by atoms with E-state index in [-0.39, 0.29) is 0 Å². The van der Waals surface area contributed by atoms with E-state index in [1.54, 1.807) is 0 Å². The molecule has 0 amide bonds. The second-order valence-corrected chi connectivity index (χ2v) is 5.19. The monoisotopic (exact) mass is 210 g/mol. The van der Waals surface area contributed by atoms with E-state index in [1.165, 1.54) is 38.9 Å². The van der Waals surface area contributed by atoms with Crippen molar-refractivity contribution in [3.8, 4) is 0 Å². The summed E-state index contributed by atoms with van der Waals surface area (Å²) < 4.78 is 5.50. The third-order valence-electron chi connectivity index (χ3n) is 4.45. The number of likely N-dealkylation sites (N-methyl/N-ethyl adjacent to an activating group) is 1. The SMILES string of the molecule is CCN1C2CCC1CN(C1CCOC1)C2. The zero-order chi connectivity index (χ0) is 10.3. The second kappa shape index (κ2) is 4.04. The molecule has 3 heterocycles. The van der Waals surface area contributed by atoms with Gasteiger partial charge in [-0.2, -0.15) is 0 Å². The lowest BCUT2D eigenvalue weighted by Gasteiger charge is -2.42. The number of piperazine rings is 1. The molecule has 0 aromatic carbocycles. The fourth-order valence-corrected chi connectivity index (χ4v) is 3.65. The number of rotatable bonds is 2. The molecule has 0 spiro atoms. The lowest BCUT2D eigenvalue weighted by atomic mass is 10.1. The van der Waals surface area contributed by atoms with Gasteiger partial charge in [-0.15, -0.1) is 0 Å². The van der Waals surface area contributed by atoms with Crippen molar-refractivity contribution in [2.24, 2.45) is 0 Å². The lowest BCUT2D eigenvalue weighted by molar-refractivity contribution is 0.0398. The van der Waals surface area contributed by atoms with Crippen LogP contribution in [0.1, 0.15) is 26.2 Å². The van der Waals surface area contributed by atoms with Crippen LogP contribution in [-0.4, -0.2) is 60.8 Å². The van der Waals surface area contributed by atoms with Crippen LogP contribution >= 0.6 is 0 Å². The Kier molecular flexibility index (Phi) is 2.71. The average Bonchev–Trinajstić information content (AvgIpc) is 2.85. The summed E-state index contributed by atoms with van der Waals surface area (Å²) in [6.07, 6.45) is 4.09. The topological polar surface area (TPSA) is 15.7 Å². The fourth-order valence-electron chi connectivity index (χ4n) is 3.65. The van der Waals surface area contributed by atoms with Crippen molar-refractivity contribution in [3.05, 3.63) is 0 Å². The molecule has 0 saturated carbocycles. The van der Waals surface area contributed by atoms with Crippen LogP contribution in [0.2, 0.25) is 0 Å². The Morgan fingerprint density at radius 1 is 1.07 bits per heavy atom. The molecule has 3 unspecified atom stereocenters. The summed E-state index contributed by atoms with van der Waals surface area (Å²) in [7, 11) is 0. The quantitative estimate of drug-likeness (QED) is 0.675. The normalized spacial score (nSPS) is 42.6. The van der Waals surface area contributed by atoms with Gasteiger partial charge < -0.3 is 4.74 Å². The van der Waals surface area contributed by atoms with Gasteiger partial charge >= 0.3 is 0 Å². The molecular formula is C12H22N2O. The van der Waals surface area contributed by atoms with E-state index in [4.69, 9.17) is 4.74 Å². The summed E-state index contributed by atoms with van der Waals surface area (Å²) in [5, 5.41) is 0. The zero-order valence-corrected chi connectivity index (χ0v) is 9.69. The van der Waals surface area contributed by atoms with Crippen LogP contribution in [0.15, 0.2) is 0 Å². The van der Waals surface area contributed by atoms with Gasteiger partial charge in [0.15, 0.2) is 0 Å². The number of ether oxygens (including phenoxy) is 1. The van der Waals surface area contributed by atoms with Gasteiger partial charge in [0.2, 0.25) is 0 Å². The molecule has 0 radical (unpaired) electrons. The smallest absolute Gasteiger partial charge is 0.0622 e. The molecule has 2 bridgehead atoms.